The Morgan fingerprint density at radius 2 is 1.77 bits per heavy atom. The molecule has 1 aliphatic heterocycles. The summed E-state index contributed by atoms with van der Waals surface area (Å²) in [6.45, 7) is 6.29. The first-order chi connectivity index (χ1) is 19.3. The summed E-state index contributed by atoms with van der Waals surface area (Å²) in [7, 11) is 3.06. The van der Waals surface area contributed by atoms with Crippen molar-refractivity contribution in [1.82, 2.24) is 14.9 Å². The highest BCUT2D eigenvalue weighted by Gasteiger charge is 2.42. The van der Waals surface area contributed by atoms with Crippen molar-refractivity contribution >= 4 is 34.6 Å². The summed E-state index contributed by atoms with van der Waals surface area (Å²) in [6, 6.07) is 21.9. The third kappa shape index (κ3) is 5.17. The molecule has 2 aromatic carbocycles. The fourth-order valence-corrected chi connectivity index (χ4v) is 5.73. The number of pyridine rings is 1. The van der Waals surface area contributed by atoms with E-state index in [1.807, 2.05) is 36.4 Å². The maximum absolute atomic E-state index is 12.4. The quantitative estimate of drug-likeness (QED) is 0.275. The van der Waals surface area contributed by atoms with Crippen LogP contribution >= 0.6 is 12.2 Å². The zero-order valence-electron chi connectivity index (χ0n) is 23.3. The zero-order chi connectivity index (χ0) is 28.4. The van der Waals surface area contributed by atoms with Gasteiger partial charge in [-0.1, -0.05) is 23.8 Å². The monoisotopic (exact) mass is 555 g/mol. The average Bonchev–Trinajstić information content (AvgIpc) is 3.44. The van der Waals surface area contributed by atoms with Crippen LogP contribution in [0.25, 0.3) is 5.69 Å². The van der Waals surface area contributed by atoms with Crippen LogP contribution in [0.15, 0.2) is 72.9 Å². The lowest BCUT2D eigenvalue weighted by Crippen LogP contribution is -2.29. The van der Waals surface area contributed by atoms with E-state index in [4.69, 9.17) is 21.7 Å². The number of hydrogen-bond acceptors (Lipinski definition) is 5. The molecular weight excluding hydrogens is 522 g/mol. The number of benzene rings is 2. The molecule has 1 amide bonds. The first-order valence-corrected chi connectivity index (χ1v) is 13.5. The predicted octanol–water partition coefficient (Wildman–Crippen LogP) is 5.57. The van der Waals surface area contributed by atoms with Crippen molar-refractivity contribution in [2.75, 3.05) is 31.0 Å². The summed E-state index contributed by atoms with van der Waals surface area (Å²) in [5.41, 5.74) is 7.92. The molecule has 0 unspecified atom stereocenters. The van der Waals surface area contributed by atoms with Crippen LogP contribution in [0.1, 0.15) is 40.3 Å². The van der Waals surface area contributed by atoms with Gasteiger partial charge < -0.3 is 29.6 Å². The number of ether oxygens (including phenoxy) is 2. The number of anilines is 2. The SMILES string of the molecule is COCC(=O)Nc1cc(N2C(=S)N[C@@H](c3ccccn3)[C@@H]2c2cc(C)n(-c3ccc(C)cc3)c2C)ccc1OC. The van der Waals surface area contributed by atoms with Crippen molar-refractivity contribution in [2.45, 2.75) is 32.9 Å². The van der Waals surface area contributed by atoms with Gasteiger partial charge in [0, 0.05) is 36.1 Å². The van der Waals surface area contributed by atoms with Crippen molar-refractivity contribution in [3.05, 3.63) is 101 Å². The van der Waals surface area contributed by atoms with Gasteiger partial charge in [0.1, 0.15) is 12.4 Å². The summed E-state index contributed by atoms with van der Waals surface area (Å²) >= 11 is 5.94. The molecule has 2 N–H and O–H groups in total. The van der Waals surface area contributed by atoms with E-state index in [1.54, 1.807) is 13.3 Å². The first kappa shape index (κ1) is 27.4. The van der Waals surface area contributed by atoms with Crippen molar-refractivity contribution in [1.29, 1.82) is 0 Å². The van der Waals surface area contributed by atoms with Crippen LogP contribution in [0.5, 0.6) is 5.75 Å². The van der Waals surface area contributed by atoms with Gasteiger partial charge in [0.15, 0.2) is 5.11 Å². The second kappa shape index (κ2) is 11.5. The Hall–Kier alpha value is -4.21. The average molecular weight is 556 g/mol. The van der Waals surface area contributed by atoms with Crippen LogP contribution < -0.4 is 20.3 Å². The van der Waals surface area contributed by atoms with E-state index in [0.717, 1.165) is 34.0 Å². The molecule has 0 aliphatic carbocycles. The number of carbonyl (C=O) groups excluding carboxylic acids is 1. The van der Waals surface area contributed by atoms with Crippen LogP contribution in [-0.4, -0.2) is 41.4 Å². The molecule has 2 atom stereocenters. The van der Waals surface area contributed by atoms with Gasteiger partial charge in [-0.15, -0.1) is 0 Å². The van der Waals surface area contributed by atoms with Crippen LogP contribution in [-0.2, 0) is 9.53 Å². The number of nitrogens with one attached hydrogen (secondary N) is 2. The summed E-state index contributed by atoms with van der Waals surface area (Å²) < 4.78 is 12.8. The molecule has 0 spiro atoms. The van der Waals surface area contributed by atoms with E-state index in [1.165, 1.54) is 12.7 Å². The van der Waals surface area contributed by atoms with Gasteiger partial charge in [0.05, 0.1) is 30.6 Å². The van der Waals surface area contributed by atoms with Crippen molar-refractivity contribution in [2.24, 2.45) is 0 Å². The highest BCUT2D eigenvalue weighted by molar-refractivity contribution is 7.80. The minimum Gasteiger partial charge on any atom is -0.495 e. The van der Waals surface area contributed by atoms with Gasteiger partial charge in [-0.25, -0.2) is 0 Å². The van der Waals surface area contributed by atoms with Crippen molar-refractivity contribution in [3.63, 3.8) is 0 Å². The number of methoxy groups -OCH3 is 2. The molecule has 2 aromatic heterocycles. The summed E-state index contributed by atoms with van der Waals surface area (Å²) in [5, 5.41) is 6.99. The van der Waals surface area contributed by atoms with E-state index in [0.29, 0.717) is 16.5 Å². The smallest absolute Gasteiger partial charge is 0.250 e. The predicted molar refractivity (Wildman–Crippen MR) is 161 cm³/mol. The molecule has 4 aromatic rings. The van der Waals surface area contributed by atoms with Gasteiger partial charge in [-0.05, 0) is 87.1 Å². The number of carbonyl (C=O) groups is 1. The lowest BCUT2D eigenvalue weighted by molar-refractivity contribution is -0.119. The molecule has 3 heterocycles. The highest BCUT2D eigenvalue weighted by Crippen LogP contribution is 2.45. The number of thiocarbonyl (C=S) groups is 1. The Morgan fingerprint density at radius 3 is 2.45 bits per heavy atom. The fraction of sp³-hybridized carbons (Fsp3) is 0.258. The number of aryl methyl sites for hydroxylation is 2. The summed E-state index contributed by atoms with van der Waals surface area (Å²) in [5.74, 6) is 0.270. The van der Waals surface area contributed by atoms with E-state index in [2.05, 4.69) is 76.2 Å². The van der Waals surface area contributed by atoms with Crippen LogP contribution in [0.4, 0.5) is 11.4 Å². The van der Waals surface area contributed by atoms with Crippen molar-refractivity contribution < 1.29 is 14.3 Å². The van der Waals surface area contributed by atoms with Crippen LogP contribution in [0.3, 0.4) is 0 Å². The highest BCUT2D eigenvalue weighted by atomic mass is 32.1. The van der Waals surface area contributed by atoms with E-state index < -0.39 is 0 Å². The summed E-state index contributed by atoms with van der Waals surface area (Å²) in [4.78, 5) is 19.2. The number of rotatable bonds is 8. The van der Waals surface area contributed by atoms with Crippen LogP contribution in [0, 0.1) is 20.8 Å². The molecule has 5 rings (SSSR count). The van der Waals surface area contributed by atoms with E-state index in [9.17, 15) is 4.79 Å². The van der Waals surface area contributed by atoms with Gasteiger partial charge in [-0.3, -0.25) is 9.78 Å². The van der Waals surface area contributed by atoms with Crippen LogP contribution in [0.2, 0.25) is 0 Å². The maximum Gasteiger partial charge on any atom is 0.250 e. The Balaban J connectivity index is 1.64. The third-order valence-electron chi connectivity index (χ3n) is 7.19. The largest absolute Gasteiger partial charge is 0.495 e. The lowest BCUT2D eigenvalue weighted by atomic mass is 9.96. The molecule has 1 saturated heterocycles. The fourth-order valence-electron chi connectivity index (χ4n) is 5.39. The first-order valence-electron chi connectivity index (χ1n) is 13.1. The van der Waals surface area contributed by atoms with Gasteiger partial charge >= 0.3 is 0 Å². The minimum atomic E-state index is -0.273. The third-order valence-corrected chi connectivity index (χ3v) is 7.50. The van der Waals surface area contributed by atoms with E-state index in [-0.39, 0.29) is 24.6 Å². The zero-order valence-corrected chi connectivity index (χ0v) is 24.1. The second-order valence-electron chi connectivity index (χ2n) is 9.86. The molecule has 1 fully saturated rings. The number of nitrogens with zero attached hydrogens (tertiary/aromatic N) is 3. The normalized spacial score (nSPS) is 16.6. The van der Waals surface area contributed by atoms with Gasteiger partial charge in [-0.2, -0.15) is 0 Å². The molecule has 0 bridgehead atoms. The lowest BCUT2D eigenvalue weighted by Gasteiger charge is -2.29. The topological polar surface area (TPSA) is 80.7 Å². The van der Waals surface area contributed by atoms with Gasteiger partial charge in [0.25, 0.3) is 0 Å². The molecular formula is C31H33N5O3S. The molecule has 9 heteroatoms. The molecule has 0 radical (unpaired) electrons. The Kier molecular flexibility index (Phi) is 7.86. The Morgan fingerprint density at radius 1 is 1.02 bits per heavy atom. The van der Waals surface area contributed by atoms with Gasteiger partial charge in [0.2, 0.25) is 5.91 Å². The molecule has 0 saturated carbocycles. The van der Waals surface area contributed by atoms with E-state index >= 15 is 0 Å². The second-order valence-corrected chi connectivity index (χ2v) is 10.2. The minimum absolute atomic E-state index is 0.0631. The standard InChI is InChI=1S/C31H33N5O3S/c1-19-9-11-22(12-10-19)35-20(2)16-24(21(35)3)30-29(25-8-6-7-15-32-25)34-31(40)36(30)23-13-14-27(39-5)26(17-23)33-28(37)18-38-4/h6-17,29-30H,18H2,1-5H3,(H,33,37)(H,34,40)/t29-,30-/m0/s1. The molecule has 1 aliphatic rings. The Bertz CT molecular complexity index is 1530. The Labute approximate surface area is 239 Å². The maximum atomic E-state index is 12.4. The summed E-state index contributed by atoms with van der Waals surface area (Å²) in [6.07, 6.45) is 1.80. The molecule has 206 valence electrons. The number of hydrogen-bond donors (Lipinski definition) is 2. The molecule has 8 nitrogen and oxygen atoms in total. The number of aromatic nitrogens is 2. The number of amides is 1. The molecule has 40 heavy (non-hydrogen) atoms. The van der Waals surface area contributed by atoms with Crippen molar-refractivity contribution in [3.8, 4) is 11.4 Å².